The van der Waals surface area contributed by atoms with Gasteiger partial charge in [-0.05, 0) is 44.0 Å². The molecule has 106 valence electrons. The van der Waals surface area contributed by atoms with Gasteiger partial charge in [-0.2, -0.15) is 0 Å². The Bertz CT molecular complexity index is 524. The maximum absolute atomic E-state index is 6.13. The van der Waals surface area contributed by atoms with Gasteiger partial charge >= 0.3 is 0 Å². The Balaban J connectivity index is 2.19. The summed E-state index contributed by atoms with van der Waals surface area (Å²) in [5, 5.41) is 3.35. The van der Waals surface area contributed by atoms with Crippen molar-refractivity contribution in [3.8, 4) is 11.1 Å². The highest BCUT2D eigenvalue weighted by Crippen LogP contribution is 2.25. The second kappa shape index (κ2) is 6.21. The van der Waals surface area contributed by atoms with Crippen LogP contribution in [0.3, 0.4) is 0 Å². The molecule has 0 heterocycles. The molecule has 2 nitrogen and oxygen atoms in total. The van der Waals surface area contributed by atoms with Gasteiger partial charge in [-0.15, -0.1) is 0 Å². The van der Waals surface area contributed by atoms with Crippen LogP contribution < -0.4 is 11.1 Å². The summed E-state index contributed by atoms with van der Waals surface area (Å²) < 4.78 is 0. The van der Waals surface area contributed by atoms with E-state index in [1.54, 1.807) is 0 Å². The molecule has 3 N–H and O–H groups in total. The van der Waals surface area contributed by atoms with Crippen molar-refractivity contribution < 1.29 is 0 Å². The van der Waals surface area contributed by atoms with E-state index in [0.717, 1.165) is 6.42 Å². The SMILES string of the molecule is CNC(CC(C)(C)N)c1ccc(-c2ccccc2)cc1. The quantitative estimate of drug-likeness (QED) is 0.867. The zero-order valence-electron chi connectivity index (χ0n) is 12.6. The van der Waals surface area contributed by atoms with E-state index in [4.69, 9.17) is 5.73 Å². The van der Waals surface area contributed by atoms with E-state index in [1.165, 1.54) is 16.7 Å². The van der Waals surface area contributed by atoms with Gasteiger partial charge in [-0.25, -0.2) is 0 Å². The first-order valence-corrected chi connectivity index (χ1v) is 7.11. The van der Waals surface area contributed by atoms with Crippen LogP contribution in [0.25, 0.3) is 11.1 Å². The number of hydrogen-bond donors (Lipinski definition) is 2. The maximum atomic E-state index is 6.13. The monoisotopic (exact) mass is 268 g/mol. The van der Waals surface area contributed by atoms with Gasteiger partial charge in [0.1, 0.15) is 0 Å². The zero-order valence-corrected chi connectivity index (χ0v) is 12.6. The van der Waals surface area contributed by atoms with Crippen molar-refractivity contribution >= 4 is 0 Å². The number of nitrogens with one attached hydrogen (secondary N) is 1. The second-order valence-corrected chi connectivity index (χ2v) is 6.02. The van der Waals surface area contributed by atoms with Gasteiger partial charge in [0.25, 0.3) is 0 Å². The van der Waals surface area contributed by atoms with Gasteiger partial charge < -0.3 is 11.1 Å². The van der Waals surface area contributed by atoms with Gasteiger partial charge in [-0.3, -0.25) is 0 Å². The zero-order chi connectivity index (χ0) is 14.6. The normalized spacial score (nSPS) is 13.2. The fourth-order valence-corrected chi connectivity index (χ4v) is 2.45. The van der Waals surface area contributed by atoms with Crippen LogP contribution in [0.2, 0.25) is 0 Å². The minimum atomic E-state index is -0.175. The third-order valence-electron chi connectivity index (χ3n) is 3.50. The molecule has 1 unspecified atom stereocenters. The van der Waals surface area contributed by atoms with Crippen LogP contribution in [0.1, 0.15) is 31.9 Å². The van der Waals surface area contributed by atoms with Crippen LogP contribution in [0.5, 0.6) is 0 Å². The summed E-state index contributed by atoms with van der Waals surface area (Å²) in [4.78, 5) is 0. The van der Waals surface area contributed by atoms with Crippen molar-refractivity contribution in [2.75, 3.05) is 7.05 Å². The van der Waals surface area contributed by atoms with E-state index in [2.05, 4.69) is 67.7 Å². The Morgan fingerprint density at radius 2 is 1.50 bits per heavy atom. The van der Waals surface area contributed by atoms with Crippen molar-refractivity contribution in [2.24, 2.45) is 5.73 Å². The molecule has 0 aliphatic heterocycles. The van der Waals surface area contributed by atoms with Crippen LogP contribution in [-0.4, -0.2) is 12.6 Å². The largest absolute Gasteiger partial charge is 0.325 e. The molecule has 0 aromatic heterocycles. The molecule has 0 saturated carbocycles. The molecule has 0 spiro atoms. The summed E-state index contributed by atoms with van der Waals surface area (Å²) in [6.07, 6.45) is 0.911. The first-order valence-electron chi connectivity index (χ1n) is 7.11. The number of hydrogen-bond acceptors (Lipinski definition) is 2. The molecule has 2 aromatic rings. The summed E-state index contributed by atoms with van der Waals surface area (Å²) in [5.41, 5.74) is 9.73. The van der Waals surface area contributed by atoms with Crippen molar-refractivity contribution in [1.82, 2.24) is 5.32 Å². The fourth-order valence-electron chi connectivity index (χ4n) is 2.45. The second-order valence-electron chi connectivity index (χ2n) is 6.02. The third-order valence-corrected chi connectivity index (χ3v) is 3.50. The molecule has 0 amide bonds. The average molecular weight is 268 g/mol. The maximum Gasteiger partial charge on any atom is 0.0334 e. The van der Waals surface area contributed by atoms with E-state index in [9.17, 15) is 0 Å². The van der Waals surface area contributed by atoms with Crippen molar-refractivity contribution in [2.45, 2.75) is 31.8 Å². The molecule has 0 saturated heterocycles. The summed E-state index contributed by atoms with van der Waals surface area (Å²) in [7, 11) is 1.99. The molecule has 20 heavy (non-hydrogen) atoms. The van der Waals surface area contributed by atoms with Crippen LogP contribution in [0, 0.1) is 0 Å². The molecule has 0 bridgehead atoms. The molecule has 0 aliphatic rings. The number of benzene rings is 2. The molecule has 2 heteroatoms. The van der Waals surface area contributed by atoms with Crippen LogP contribution in [-0.2, 0) is 0 Å². The molecule has 0 fully saturated rings. The van der Waals surface area contributed by atoms with Gasteiger partial charge in [0.15, 0.2) is 0 Å². The first-order chi connectivity index (χ1) is 9.49. The lowest BCUT2D eigenvalue weighted by atomic mass is 9.91. The Kier molecular flexibility index (Phi) is 4.58. The summed E-state index contributed by atoms with van der Waals surface area (Å²) in [6.45, 7) is 4.13. The Labute approximate surface area is 122 Å². The van der Waals surface area contributed by atoms with Gasteiger partial charge in [0.05, 0.1) is 0 Å². The molecule has 2 aromatic carbocycles. The highest BCUT2D eigenvalue weighted by Gasteiger charge is 2.19. The highest BCUT2D eigenvalue weighted by molar-refractivity contribution is 5.63. The lowest BCUT2D eigenvalue weighted by Crippen LogP contribution is -2.36. The summed E-state index contributed by atoms with van der Waals surface area (Å²) >= 11 is 0. The van der Waals surface area contributed by atoms with Crippen molar-refractivity contribution in [3.63, 3.8) is 0 Å². The van der Waals surface area contributed by atoms with Crippen LogP contribution >= 0.6 is 0 Å². The standard InChI is InChI=1S/C18H24N2/c1-18(2,19)13-17(20-3)16-11-9-15(10-12-16)14-7-5-4-6-8-14/h4-12,17,20H,13,19H2,1-3H3. The van der Waals surface area contributed by atoms with Crippen LogP contribution in [0.4, 0.5) is 0 Å². The molecular weight excluding hydrogens is 244 g/mol. The predicted octanol–water partition coefficient (Wildman–Crippen LogP) is 3.74. The summed E-state index contributed by atoms with van der Waals surface area (Å²) in [5.74, 6) is 0. The fraction of sp³-hybridized carbons (Fsp3) is 0.333. The van der Waals surface area contributed by atoms with E-state index in [1.807, 2.05) is 13.1 Å². The Morgan fingerprint density at radius 3 is 2.00 bits per heavy atom. The van der Waals surface area contributed by atoms with E-state index < -0.39 is 0 Å². The van der Waals surface area contributed by atoms with Gasteiger partial charge in [0, 0.05) is 11.6 Å². The molecule has 0 radical (unpaired) electrons. The summed E-state index contributed by atoms with van der Waals surface area (Å²) in [6, 6.07) is 19.5. The minimum absolute atomic E-state index is 0.175. The van der Waals surface area contributed by atoms with E-state index >= 15 is 0 Å². The predicted molar refractivity (Wildman–Crippen MR) is 86.6 cm³/mol. The Hall–Kier alpha value is -1.64. The first kappa shape index (κ1) is 14.8. The van der Waals surface area contributed by atoms with Crippen LogP contribution in [0.15, 0.2) is 54.6 Å². The third kappa shape index (κ3) is 3.92. The Morgan fingerprint density at radius 1 is 0.950 bits per heavy atom. The molecule has 1 atom stereocenters. The number of nitrogens with two attached hydrogens (primary N) is 1. The van der Waals surface area contributed by atoms with Crippen molar-refractivity contribution in [3.05, 3.63) is 60.2 Å². The number of rotatable bonds is 5. The molecule has 2 rings (SSSR count). The lowest BCUT2D eigenvalue weighted by molar-refractivity contribution is 0.396. The lowest BCUT2D eigenvalue weighted by Gasteiger charge is -2.26. The molecular formula is C18H24N2. The smallest absolute Gasteiger partial charge is 0.0334 e. The van der Waals surface area contributed by atoms with Crippen molar-refractivity contribution in [1.29, 1.82) is 0 Å². The van der Waals surface area contributed by atoms with E-state index in [-0.39, 0.29) is 5.54 Å². The highest BCUT2D eigenvalue weighted by atomic mass is 14.9. The van der Waals surface area contributed by atoms with Gasteiger partial charge in [0.2, 0.25) is 0 Å². The van der Waals surface area contributed by atoms with E-state index in [0.29, 0.717) is 6.04 Å². The average Bonchev–Trinajstić information content (AvgIpc) is 2.45. The topological polar surface area (TPSA) is 38.0 Å². The van der Waals surface area contributed by atoms with Gasteiger partial charge in [-0.1, -0.05) is 54.6 Å². The molecule has 0 aliphatic carbocycles. The minimum Gasteiger partial charge on any atom is -0.325 e.